The van der Waals surface area contributed by atoms with E-state index in [1.54, 1.807) is 19.2 Å². The lowest BCUT2D eigenvalue weighted by atomic mass is 10.1. The predicted octanol–water partition coefficient (Wildman–Crippen LogP) is 3.74. The summed E-state index contributed by atoms with van der Waals surface area (Å²) in [5.74, 6) is -0.325. The maximum atomic E-state index is 12.8. The molecular weight excluding hydrogens is 353 g/mol. The number of aryl methyl sites for hydroxylation is 1. The molecule has 25 heavy (non-hydrogen) atoms. The van der Waals surface area contributed by atoms with E-state index in [0.29, 0.717) is 21.3 Å². The van der Waals surface area contributed by atoms with Crippen LogP contribution in [0, 0.1) is 0 Å². The number of carbonyl (C=O) groups excluding carboxylic acids is 1. The predicted molar refractivity (Wildman–Crippen MR) is 87.5 cm³/mol. The molecule has 1 amide bonds. The van der Waals surface area contributed by atoms with E-state index in [1.165, 1.54) is 34.5 Å². The topological polar surface area (TPSA) is 59.8 Å². The average molecular weight is 366 g/mol. The number of nitrogens with one attached hydrogen (secondary N) is 1. The maximum absolute atomic E-state index is 12.8. The first-order chi connectivity index (χ1) is 11.8. The third kappa shape index (κ3) is 4.05. The molecule has 3 aromatic rings. The highest BCUT2D eigenvalue weighted by molar-refractivity contribution is 7.15. The fourth-order valence-corrected chi connectivity index (χ4v) is 3.10. The maximum Gasteiger partial charge on any atom is 0.416 e. The van der Waals surface area contributed by atoms with Crippen LogP contribution in [0.2, 0.25) is 0 Å². The second kappa shape index (κ2) is 6.67. The van der Waals surface area contributed by atoms with E-state index in [0.717, 1.165) is 12.1 Å². The van der Waals surface area contributed by atoms with Crippen LogP contribution < -0.4 is 5.32 Å². The van der Waals surface area contributed by atoms with Gasteiger partial charge in [0, 0.05) is 19.7 Å². The summed E-state index contributed by atoms with van der Waals surface area (Å²) in [6.07, 6.45) is -1.11. The quantitative estimate of drug-likeness (QED) is 0.765. The Balaban J connectivity index is 1.70. The van der Waals surface area contributed by atoms with Crippen LogP contribution in [0.1, 0.15) is 26.6 Å². The molecule has 9 heteroatoms. The van der Waals surface area contributed by atoms with Crippen LogP contribution in [0.3, 0.4) is 0 Å². The van der Waals surface area contributed by atoms with Crippen molar-refractivity contribution in [2.24, 2.45) is 7.05 Å². The van der Waals surface area contributed by atoms with E-state index in [-0.39, 0.29) is 12.3 Å². The minimum atomic E-state index is -4.37. The van der Waals surface area contributed by atoms with E-state index < -0.39 is 11.7 Å². The van der Waals surface area contributed by atoms with E-state index in [1.807, 2.05) is 0 Å². The molecule has 0 atom stereocenters. The van der Waals surface area contributed by atoms with Gasteiger partial charge in [-0.25, -0.2) is 4.98 Å². The first-order valence-electron chi connectivity index (χ1n) is 7.23. The van der Waals surface area contributed by atoms with Gasteiger partial charge in [-0.05, 0) is 17.7 Å². The van der Waals surface area contributed by atoms with Crippen molar-refractivity contribution in [2.75, 3.05) is 5.32 Å². The van der Waals surface area contributed by atoms with E-state index in [2.05, 4.69) is 15.4 Å². The number of hydrogen-bond acceptors (Lipinski definition) is 4. The molecule has 0 unspecified atom stereocenters. The number of benzene rings is 1. The summed E-state index contributed by atoms with van der Waals surface area (Å²) in [4.78, 5) is 16.3. The molecule has 0 spiro atoms. The van der Waals surface area contributed by atoms with Crippen molar-refractivity contribution in [1.82, 2.24) is 14.8 Å². The smallest absolute Gasteiger partial charge is 0.311 e. The van der Waals surface area contributed by atoms with Crippen LogP contribution in [0.25, 0.3) is 0 Å². The van der Waals surface area contributed by atoms with Crippen molar-refractivity contribution >= 4 is 22.2 Å². The molecule has 130 valence electrons. The molecule has 0 saturated carbocycles. The average Bonchev–Trinajstić information content (AvgIpc) is 3.16. The van der Waals surface area contributed by atoms with Crippen molar-refractivity contribution in [3.8, 4) is 0 Å². The molecule has 0 saturated heterocycles. The Morgan fingerprint density at radius 1 is 1.32 bits per heavy atom. The Morgan fingerprint density at radius 3 is 2.80 bits per heavy atom. The minimum Gasteiger partial charge on any atom is -0.311 e. The lowest BCUT2D eigenvalue weighted by Gasteiger charge is -2.07. The summed E-state index contributed by atoms with van der Waals surface area (Å²) >= 11 is 1.22. The highest BCUT2D eigenvalue weighted by atomic mass is 32.1. The highest BCUT2D eigenvalue weighted by Crippen LogP contribution is 2.30. The molecule has 1 N–H and O–H groups in total. The summed E-state index contributed by atoms with van der Waals surface area (Å²) < 4.78 is 39.7. The number of aromatic nitrogens is 3. The largest absolute Gasteiger partial charge is 0.416 e. The van der Waals surface area contributed by atoms with Crippen LogP contribution in [-0.2, 0) is 19.6 Å². The minimum absolute atomic E-state index is 0.260. The van der Waals surface area contributed by atoms with Gasteiger partial charge < -0.3 is 5.32 Å². The van der Waals surface area contributed by atoms with Crippen molar-refractivity contribution < 1.29 is 18.0 Å². The van der Waals surface area contributed by atoms with Gasteiger partial charge in [-0.1, -0.05) is 18.2 Å². The second-order valence-electron chi connectivity index (χ2n) is 5.29. The van der Waals surface area contributed by atoms with Crippen LogP contribution in [0.15, 0.2) is 42.7 Å². The molecule has 0 aliphatic heterocycles. The van der Waals surface area contributed by atoms with Gasteiger partial charge in [0.2, 0.25) is 0 Å². The summed E-state index contributed by atoms with van der Waals surface area (Å²) in [7, 11) is 1.65. The normalized spacial score (nSPS) is 11.5. The fourth-order valence-electron chi connectivity index (χ4n) is 2.25. The molecule has 3 rings (SSSR count). The number of rotatable bonds is 4. The first kappa shape index (κ1) is 17.2. The van der Waals surface area contributed by atoms with Crippen molar-refractivity contribution in [1.29, 1.82) is 0 Å². The Bertz CT molecular complexity index is 901. The van der Waals surface area contributed by atoms with Gasteiger partial charge in [-0.3, -0.25) is 9.48 Å². The molecule has 2 heterocycles. The zero-order valence-corrected chi connectivity index (χ0v) is 13.9. The first-order valence-corrected chi connectivity index (χ1v) is 8.05. The number of thiazole rings is 1. The monoisotopic (exact) mass is 366 g/mol. The van der Waals surface area contributed by atoms with Gasteiger partial charge >= 0.3 is 6.18 Å². The summed E-state index contributed by atoms with van der Waals surface area (Å²) in [6.45, 7) is 0. The van der Waals surface area contributed by atoms with Crippen molar-refractivity contribution in [3.05, 3.63) is 64.6 Å². The molecule has 1 aromatic carbocycles. The van der Waals surface area contributed by atoms with Crippen LogP contribution in [-0.4, -0.2) is 20.7 Å². The fraction of sp³-hybridized carbons (Fsp3) is 0.188. The zero-order chi connectivity index (χ0) is 18.0. The van der Waals surface area contributed by atoms with E-state index >= 15 is 0 Å². The molecule has 0 radical (unpaired) electrons. The molecule has 2 aromatic heterocycles. The summed E-state index contributed by atoms with van der Waals surface area (Å²) in [5.41, 5.74) is 0.216. The number of carbonyl (C=O) groups is 1. The molecular formula is C16H13F3N4OS. The Hall–Kier alpha value is -2.68. The number of amides is 1. The van der Waals surface area contributed by atoms with Gasteiger partial charge in [-0.15, -0.1) is 11.3 Å². The van der Waals surface area contributed by atoms with Crippen LogP contribution >= 0.6 is 11.3 Å². The van der Waals surface area contributed by atoms with E-state index in [9.17, 15) is 18.0 Å². The number of alkyl halides is 3. The second-order valence-corrected chi connectivity index (χ2v) is 6.40. The van der Waals surface area contributed by atoms with Gasteiger partial charge in [0.05, 0.1) is 16.8 Å². The summed E-state index contributed by atoms with van der Waals surface area (Å²) in [6, 6.07) is 6.71. The SMILES string of the molecule is Cn1nccc1C(=O)Nc1cnc(Cc2cccc(C(F)(F)F)c2)s1. The highest BCUT2D eigenvalue weighted by Gasteiger charge is 2.30. The number of hydrogen-bond donors (Lipinski definition) is 1. The molecule has 0 bridgehead atoms. The summed E-state index contributed by atoms with van der Waals surface area (Å²) in [5, 5.41) is 7.76. The van der Waals surface area contributed by atoms with Gasteiger partial charge in [0.15, 0.2) is 0 Å². The van der Waals surface area contributed by atoms with Gasteiger partial charge in [0.1, 0.15) is 10.7 Å². The van der Waals surface area contributed by atoms with Crippen molar-refractivity contribution in [3.63, 3.8) is 0 Å². The molecule has 0 fully saturated rings. The third-order valence-electron chi connectivity index (χ3n) is 3.45. The lowest BCUT2D eigenvalue weighted by molar-refractivity contribution is -0.137. The molecule has 5 nitrogen and oxygen atoms in total. The third-order valence-corrected chi connectivity index (χ3v) is 4.37. The number of anilines is 1. The Morgan fingerprint density at radius 2 is 2.12 bits per heavy atom. The van der Waals surface area contributed by atoms with Gasteiger partial charge in [0.25, 0.3) is 5.91 Å². The number of nitrogens with zero attached hydrogens (tertiary/aromatic N) is 3. The standard InChI is InChI=1S/C16H13F3N4OS/c1-23-12(5-6-21-23)15(24)22-14-9-20-13(25-14)8-10-3-2-4-11(7-10)16(17,18)19/h2-7,9H,8H2,1H3,(H,22,24). The van der Waals surface area contributed by atoms with Crippen molar-refractivity contribution in [2.45, 2.75) is 12.6 Å². The lowest BCUT2D eigenvalue weighted by Crippen LogP contribution is -2.15. The van der Waals surface area contributed by atoms with Crippen LogP contribution in [0.5, 0.6) is 0 Å². The van der Waals surface area contributed by atoms with Crippen LogP contribution in [0.4, 0.5) is 18.2 Å². The van der Waals surface area contributed by atoms with E-state index in [4.69, 9.17) is 0 Å². The van der Waals surface area contributed by atoms with Gasteiger partial charge in [-0.2, -0.15) is 18.3 Å². The Labute approximate surface area is 145 Å². The zero-order valence-electron chi connectivity index (χ0n) is 13.0. The molecule has 0 aliphatic rings. The number of halogens is 3. The molecule has 0 aliphatic carbocycles. The Kier molecular flexibility index (Phi) is 4.58.